The predicted octanol–water partition coefficient (Wildman–Crippen LogP) is 0.558. The Labute approximate surface area is 80.2 Å². The van der Waals surface area contributed by atoms with Gasteiger partial charge in [0.2, 0.25) is 5.96 Å². The average Bonchev–Trinajstić information content (AvgIpc) is 2.05. The molecule has 1 fully saturated rings. The fourth-order valence-electron chi connectivity index (χ4n) is 1.90. The van der Waals surface area contributed by atoms with Gasteiger partial charge in [0.1, 0.15) is 0 Å². The number of hydrogen-bond acceptors (Lipinski definition) is 2. The fraction of sp³-hybridized carbons (Fsp3) is 0.889. The molecule has 1 aliphatic heterocycles. The lowest BCUT2D eigenvalue weighted by molar-refractivity contribution is 0.175. The van der Waals surface area contributed by atoms with Gasteiger partial charge in [-0.2, -0.15) is 0 Å². The van der Waals surface area contributed by atoms with Crippen molar-refractivity contribution < 1.29 is 0 Å². The van der Waals surface area contributed by atoms with Crippen molar-refractivity contribution in [3.05, 3.63) is 0 Å². The number of nitrogens with zero attached hydrogens (tertiary/aromatic N) is 2. The van der Waals surface area contributed by atoms with Crippen LogP contribution in [0.1, 0.15) is 26.7 Å². The molecule has 0 aromatic rings. The molecule has 0 radical (unpaired) electrons. The highest BCUT2D eigenvalue weighted by Gasteiger charge is 2.27. The van der Waals surface area contributed by atoms with Gasteiger partial charge in [0.25, 0.3) is 0 Å². The molecule has 0 bridgehead atoms. The molecule has 0 unspecified atom stereocenters. The molecule has 0 aliphatic carbocycles. The van der Waals surface area contributed by atoms with Gasteiger partial charge in [0, 0.05) is 20.1 Å². The zero-order valence-electron chi connectivity index (χ0n) is 8.80. The molecule has 0 aromatic heterocycles. The molecular formula is C9H20N4. The van der Waals surface area contributed by atoms with E-state index in [0.29, 0.717) is 5.41 Å². The van der Waals surface area contributed by atoms with Crippen molar-refractivity contribution in [1.29, 1.82) is 0 Å². The van der Waals surface area contributed by atoms with E-state index in [1.54, 1.807) is 7.05 Å². The summed E-state index contributed by atoms with van der Waals surface area (Å²) >= 11 is 0. The molecule has 1 heterocycles. The number of guanidine groups is 1. The van der Waals surface area contributed by atoms with Crippen LogP contribution < -0.4 is 11.3 Å². The molecule has 4 nitrogen and oxygen atoms in total. The lowest BCUT2D eigenvalue weighted by atomic mass is 9.84. The normalized spacial score (nSPS) is 23.1. The summed E-state index contributed by atoms with van der Waals surface area (Å²) in [5.74, 6) is 6.18. The van der Waals surface area contributed by atoms with Crippen LogP contribution >= 0.6 is 0 Å². The lowest BCUT2D eigenvalue weighted by Crippen LogP contribution is -2.50. The van der Waals surface area contributed by atoms with Crippen LogP contribution in [0.4, 0.5) is 0 Å². The Morgan fingerprint density at radius 1 is 1.54 bits per heavy atom. The molecule has 4 heteroatoms. The summed E-state index contributed by atoms with van der Waals surface area (Å²) in [7, 11) is 1.76. The highest BCUT2D eigenvalue weighted by Crippen LogP contribution is 2.28. The largest absolute Gasteiger partial charge is 0.341 e. The molecule has 3 N–H and O–H groups in total. The first-order chi connectivity index (χ1) is 6.09. The number of hydrogen-bond donors (Lipinski definition) is 2. The topological polar surface area (TPSA) is 53.6 Å². The maximum Gasteiger partial charge on any atom is 0.208 e. The van der Waals surface area contributed by atoms with E-state index in [1.807, 2.05) is 0 Å². The molecule has 1 saturated heterocycles. The Hall–Kier alpha value is -0.770. The van der Waals surface area contributed by atoms with Gasteiger partial charge in [-0.05, 0) is 18.3 Å². The summed E-state index contributed by atoms with van der Waals surface area (Å²) in [6, 6.07) is 0. The maximum absolute atomic E-state index is 5.38. The highest BCUT2D eigenvalue weighted by molar-refractivity contribution is 5.79. The quantitative estimate of drug-likeness (QED) is 0.250. The van der Waals surface area contributed by atoms with Gasteiger partial charge in [-0.15, -0.1) is 0 Å². The standard InChI is InChI=1S/C9H20N4/c1-9(2)5-4-6-13(7-9)8(11-3)12-10/h4-7,10H2,1-3H3,(H,11,12). The highest BCUT2D eigenvalue weighted by atomic mass is 15.4. The predicted molar refractivity (Wildman–Crippen MR) is 55.3 cm³/mol. The van der Waals surface area contributed by atoms with Crippen LogP contribution in [0, 0.1) is 5.41 Å². The molecule has 0 spiro atoms. The third-order valence-corrected chi connectivity index (χ3v) is 2.54. The van der Waals surface area contributed by atoms with Crippen molar-refractivity contribution in [2.45, 2.75) is 26.7 Å². The monoisotopic (exact) mass is 184 g/mol. The fourth-order valence-corrected chi connectivity index (χ4v) is 1.90. The van der Waals surface area contributed by atoms with Gasteiger partial charge in [0.05, 0.1) is 0 Å². The van der Waals surface area contributed by atoms with E-state index in [4.69, 9.17) is 5.84 Å². The number of aliphatic imine (C=N–C) groups is 1. The zero-order chi connectivity index (χ0) is 9.90. The third-order valence-electron chi connectivity index (χ3n) is 2.54. The van der Waals surface area contributed by atoms with Gasteiger partial charge >= 0.3 is 0 Å². The summed E-state index contributed by atoms with van der Waals surface area (Å²) in [4.78, 5) is 6.31. The van der Waals surface area contributed by atoms with Crippen LogP contribution in [0.3, 0.4) is 0 Å². The van der Waals surface area contributed by atoms with Crippen LogP contribution in [0.2, 0.25) is 0 Å². The lowest BCUT2D eigenvalue weighted by Gasteiger charge is -2.39. The number of rotatable bonds is 0. The number of nitrogens with one attached hydrogen (secondary N) is 1. The van der Waals surface area contributed by atoms with E-state index in [-0.39, 0.29) is 0 Å². The minimum Gasteiger partial charge on any atom is -0.341 e. The molecule has 0 atom stereocenters. The molecule has 1 rings (SSSR count). The molecule has 13 heavy (non-hydrogen) atoms. The van der Waals surface area contributed by atoms with E-state index in [9.17, 15) is 0 Å². The first-order valence-corrected chi connectivity index (χ1v) is 4.77. The average molecular weight is 184 g/mol. The van der Waals surface area contributed by atoms with Crippen molar-refractivity contribution >= 4 is 5.96 Å². The second-order valence-electron chi connectivity index (χ2n) is 4.38. The summed E-state index contributed by atoms with van der Waals surface area (Å²) in [6.07, 6.45) is 2.50. The van der Waals surface area contributed by atoms with E-state index in [0.717, 1.165) is 19.0 Å². The SMILES string of the molecule is CN=C(NN)N1CCCC(C)(C)C1. The van der Waals surface area contributed by atoms with Gasteiger partial charge in [-0.25, -0.2) is 5.84 Å². The van der Waals surface area contributed by atoms with Crippen LogP contribution in [0.25, 0.3) is 0 Å². The van der Waals surface area contributed by atoms with Gasteiger partial charge in [-0.3, -0.25) is 10.4 Å². The molecule has 76 valence electrons. The van der Waals surface area contributed by atoms with Crippen molar-refractivity contribution in [3.8, 4) is 0 Å². The Balaban J connectivity index is 2.61. The first-order valence-electron chi connectivity index (χ1n) is 4.77. The van der Waals surface area contributed by atoms with E-state index < -0.39 is 0 Å². The van der Waals surface area contributed by atoms with Crippen LogP contribution in [-0.4, -0.2) is 31.0 Å². The minimum atomic E-state index is 0.380. The van der Waals surface area contributed by atoms with Crippen molar-refractivity contribution in [3.63, 3.8) is 0 Å². The van der Waals surface area contributed by atoms with E-state index in [2.05, 4.69) is 29.2 Å². The Kier molecular flexibility index (Phi) is 3.14. The van der Waals surface area contributed by atoms with Crippen molar-refractivity contribution in [1.82, 2.24) is 10.3 Å². The number of likely N-dealkylation sites (tertiary alicyclic amines) is 1. The van der Waals surface area contributed by atoms with E-state index >= 15 is 0 Å². The maximum atomic E-state index is 5.38. The molecular weight excluding hydrogens is 164 g/mol. The summed E-state index contributed by atoms with van der Waals surface area (Å²) in [5, 5.41) is 0. The number of nitrogens with two attached hydrogens (primary N) is 1. The van der Waals surface area contributed by atoms with Crippen molar-refractivity contribution in [2.24, 2.45) is 16.3 Å². The van der Waals surface area contributed by atoms with Crippen LogP contribution in [0.15, 0.2) is 4.99 Å². The van der Waals surface area contributed by atoms with Crippen LogP contribution in [0.5, 0.6) is 0 Å². The van der Waals surface area contributed by atoms with E-state index in [1.165, 1.54) is 12.8 Å². The minimum absolute atomic E-state index is 0.380. The van der Waals surface area contributed by atoms with Gasteiger partial charge in [-0.1, -0.05) is 13.8 Å². The van der Waals surface area contributed by atoms with Gasteiger partial charge < -0.3 is 4.90 Å². The number of piperidine rings is 1. The first kappa shape index (κ1) is 10.3. The van der Waals surface area contributed by atoms with Crippen LogP contribution in [-0.2, 0) is 0 Å². The Morgan fingerprint density at radius 2 is 2.23 bits per heavy atom. The molecule has 0 aromatic carbocycles. The summed E-state index contributed by atoms with van der Waals surface area (Å²) in [6.45, 7) is 6.65. The van der Waals surface area contributed by atoms with Crippen molar-refractivity contribution in [2.75, 3.05) is 20.1 Å². The smallest absolute Gasteiger partial charge is 0.208 e. The van der Waals surface area contributed by atoms with Gasteiger partial charge in [0.15, 0.2) is 0 Å². The Morgan fingerprint density at radius 3 is 2.69 bits per heavy atom. The molecule has 0 amide bonds. The molecule has 0 saturated carbocycles. The summed E-state index contributed by atoms with van der Waals surface area (Å²) < 4.78 is 0. The second kappa shape index (κ2) is 3.96. The summed E-state index contributed by atoms with van der Waals surface area (Å²) in [5.41, 5.74) is 3.02. The Bertz CT molecular complexity index is 198. The zero-order valence-corrected chi connectivity index (χ0v) is 8.80. The second-order valence-corrected chi connectivity index (χ2v) is 4.38. The number of hydrazine groups is 1. The third kappa shape index (κ3) is 2.59. The molecule has 1 aliphatic rings.